The van der Waals surface area contributed by atoms with Crippen LogP contribution >= 0.6 is 23.1 Å². The lowest BCUT2D eigenvalue weighted by molar-refractivity contribution is -0.116. The van der Waals surface area contributed by atoms with Crippen molar-refractivity contribution in [2.24, 2.45) is 5.92 Å². The highest BCUT2D eigenvalue weighted by Gasteiger charge is 2.18. The van der Waals surface area contributed by atoms with Gasteiger partial charge in [-0.05, 0) is 42.8 Å². The molecule has 148 valence electrons. The molecule has 0 saturated carbocycles. The van der Waals surface area contributed by atoms with E-state index in [1.807, 2.05) is 48.7 Å². The molecule has 0 atom stereocenters. The van der Waals surface area contributed by atoms with Crippen LogP contribution < -0.4 is 10.5 Å². The van der Waals surface area contributed by atoms with Crippen molar-refractivity contribution in [3.05, 3.63) is 52.1 Å². The predicted molar refractivity (Wildman–Crippen MR) is 119 cm³/mol. The second-order valence-corrected chi connectivity index (χ2v) is 8.79. The summed E-state index contributed by atoms with van der Waals surface area (Å²) in [6, 6.07) is 11.5. The van der Waals surface area contributed by atoms with Crippen LogP contribution in [0.15, 0.2) is 51.7 Å². The van der Waals surface area contributed by atoms with Gasteiger partial charge in [-0.3, -0.25) is 14.2 Å². The maximum absolute atomic E-state index is 12.9. The second kappa shape index (κ2) is 9.39. The van der Waals surface area contributed by atoms with Gasteiger partial charge >= 0.3 is 0 Å². The topological polar surface area (TPSA) is 55.2 Å². The number of hydrogen-bond acceptors (Lipinski definition) is 5. The number of carbonyl (C=O) groups excluding carboxylic acids is 1. The van der Waals surface area contributed by atoms with Gasteiger partial charge in [0.25, 0.3) is 5.56 Å². The van der Waals surface area contributed by atoms with Crippen molar-refractivity contribution in [2.75, 3.05) is 17.2 Å². The predicted octanol–water partition coefficient (Wildman–Crippen LogP) is 4.65. The van der Waals surface area contributed by atoms with E-state index in [1.165, 1.54) is 23.1 Å². The molecule has 1 aromatic carbocycles. The van der Waals surface area contributed by atoms with E-state index in [4.69, 9.17) is 0 Å². The first kappa shape index (κ1) is 20.6. The van der Waals surface area contributed by atoms with Crippen LogP contribution in [0.5, 0.6) is 0 Å². The number of thiophene rings is 1. The quantitative estimate of drug-likeness (QED) is 0.397. The first-order valence-electron chi connectivity index (χ1n) is 9.47. The molecule has 1 amide bonds. The highest BCUT2D eigenvalue weighted by Crippen LogP contribution is 2.23. The third-order valence-corrected chi connectivity index (χ3v) is 6.32. The summed E-state index contributed by atoms with van der Waals surface area (Å²) in [5.74, 6) is 0.736. The fraction of sp³-hybridized carbons (Fsp3) is 0.381. The Hall–Kier alpha value is -2.12. The average molecular weight is 416 g/mol. The van der Waals surface area contributed by atoms with Crippen molar-refractivity contribution in [3.8, 4) is 0 Å². The normalized spacial score (nSPS) is 11.3. The Morgan fingerprint density at radius 1 is 1.25 bits per heavy atom. The zero-order valence-corrected chi connectivity index (χ0v) is 18.1. The summed E-state index contributed by atoms with van der Waals surface area (Å²) in [6.07, 6.45) is 0.894. The van der Waals surface area contributed by atoms with E-state index >= 15 is 0 Å². The molecule has 0 fully saturated rings. The van der Waals surface area contributed by atoms with E-state index in [9.17, 15) is 9.59 Å². The molecule has 0 spiro atoms. The Labute approximate surface area is 173 Å². The number of benzene rings is 1. The summed E-state index contributed by atoms with van der Waals surface area (Å²) in [5, 5.41) is 2.51. The average Bonchev–Trinajstić information content (AvgIpc) is 3.16. The van der Waals surface area contributed by atoms with E-state index in [1.54, 1.807) is 9.47 Å². The number of fused-ring (bicyclic) bond motifs is 1. The third-order valence-electron chi connectivity index (χ3n) is 4.47. The molecule has 7 heteroatoms. The minimum atomic E-state index is -0.00833. The molecule has 28 heavy (non-hydrogen) atoms. The number of thioether (sulfide) groups is 1. The molecular weight excluding hydrogens is 390 g/mol. The third kappa shape index (κ3) is 4.64. The van der Waals surface area contributed by atoms with Crippen LogP contribution in [0.2, 0.25) is 0 Å². The summed E-state index contributed by atoms with van der Waals surface area (Å²) >= 11 is 2.76. The zero-order valence-electron chi connectivity index (χ0n) is 16.4. The molecule has 3 rings (SSSR count). The number of anilines is 1. The number of rotatable bonds is 8. The number of para-hydroxylation sites is 1. The van der Waals surface area contributed by atoms with Crippen molar-refractivity contribution in [1.29, 1.82) is 0 Å². The van der Waals surface area contributed by atoms with Crippen LogP contribution in [0, 0.1) is 5.92 Å². The number of amides is 1. The van der Waals surface area contributed by atoms with Gasteiger partial charge < -0.3 is 4.90 Å². The Morgan fingerprint density at radius 2 is 2.00 bits per heavy atom. The molecule has 0 radical (unpaired) electrons. The molecule has 5 nitrogen and oxygen atoms in total. The molecule has 3 aromatic rings. The molecule has 0 bridgehead atoms. The van der Waals surface area contributed by atoms with E-state index in [0.717, 1.165) is 12.1 Å². The molecule has 2 aromatic heterocycles. The van der Waals surface area contributed by atoms with Crippen LogP contribution in [0.25, 0.3) is 10.2 Å². The van der Waals surface area contributed by atoms with Crippen molar-refractivity contribution in [1.82, 2.24) is 9.55 Å². The number of carbonyl (C=O) groups is 1. The fourth-order valence-corrected chi connectivity index (χ4v) is 4.61. The number of nitrogens with zero attached hydrogens (tertiary/aromatic N) is 3. The van der Waals surface area contributed by atoms with Gasteiger partial charge in [0.15, 0.2) is 5.16 Å². The largest absolute Gasteiger partial charge is 0.312 e. The van der Waals surface area contributed by atoms with Crippen molar-refractivity contribution in [2.45, 2.75) is 38.9 Å². The number of hydrogen-bond donors (Lipinski definition) is 0. The highest BCUT2D eigenvalue weighted by molar-refractivity contribution is 7.99. The van der Waals surface area contributed by atoms with Crippen LogP contribution in [0.3, 0.4) is 0 Å². The molecule has 2 heterocycles. The van der Waals surface area contributed by atoms with Crippen molar-refractivity contribution >= 4 is 44.9 Å². The first-order valence-corrected chi connectivity index (χ1v) is 11.3. The summed E-state index contributed by atoms with van der Waals surface area (Å²) in [6.45, 7) is 7.45. The van der Waals surface area contributed by atoms with Crippen molar-refractivity contribution < 1.29 is 4.79 Å². The lowest BCUT2D eigenvalue weighted by Crippen LogP contribution is -2.32. The standard InChI is InChI=1S/C21H25N3O2S2/c1-4-23(16-8-6-5-7-9-16)18(25)14-28-21-22-17-11-13-27-19(17)20(26)24(21)12-10-15(2)3/h5-9,11,13,15H,4,10,12,14H2,1-3H3. The van der Waals surface area contributed by atoms with Gasteiger partial charge in [-0.2, -0.15) is 0 Å². The molecular formula is C21H25N3O2S2. The van der Waals surface area contributed by atoms with Crippen LogP contribution in [0.4, 0.5) is 5.69 Å². The molecule has 0 unspecified atom stereocenters. The first-order chi connectivity index (χ1) is 13.5. The lowest BCUT2D eigenvalue weighted by Gasteiger charge is -2.21. The second-order valence-electron chi connectivity index (χ2n) is 6.93. The lowest BCUT2D eigenvalue weighted by atomic mass is 10.1. The number of aromatic nitrogens is 2. The smallest absolute Gasteiger partial charge is 0.272 e. The minimum absolute atomic E-state index is 0.00812. The monoisotopic (exact) mass is 415 g/mol. The van der Waals surface area contributed by atoms with Crippen LogP contribution in [-0.2, 0) is 11.3 Å². The maximum Gasteiger partial charge on any atom is 0.272 e. The van der Waals surface area contributed by atoms with Crippen molar-refractivity contribution in [3.63, 3.8) is 0 Å². The van der Waals surface area contributed by atoms with Gasteiger partial charge in [0.1, 0.15) is 4.70 Å². The Kier molecular flexibility index (Phi) is 6.91. The highest BCUT2D eigenvalue weighted by atomic mass is 32.2. The Balaban J connectivity index is 1.83. The van der Waals surface area contributed by atoms with Crippen LogP contribution in [-0.4, -0.2) is 27.8 Å². The van der Waals surface area contributed by atoms with Gasteiger partial charge in [-0.1, -0.05) is 43.8 Å². The maximum atomic E-state index is 12.9. The summed E-state index contributed by atoms with van der Waals surface area (Å²) < 4.78 is 2.41. The Bertz CT molecular complexity index is 996. The van der Waals surface area contributed by atoms with Gasteiger partial charge in [0.05, 0.1) is 11.3 Å². The van der Waals surface area contributed by atoms with Gasteiger partial charge in [0.2, 0.25) is 5.91 Å². The van der Waals surface area contributed by atoms with Gasteiger partial charge in [0, 0.05) is 18.8 Å². The van der Waals surface area contributed by atoms with E-state index < -0.39 is 0 Å². The van der Waals surface area contributed by atoms with E-state index in [0.29, 0.717) is 34.4 Å². The molecule has 0 aliphatic rings. The molecule has 0 aliphatic carbocycles. The summed E-state index contributed by atoms with van der Waals surface area (Å²) in [5.41, 5.74) is 1.58. The fourth-order valence-electron chi connectivity index (χ4n) is 2.93. The molecule has 0 N–H and O–H groups in total. The summed E-state index contributed by atoms with van der Waals surface area (Å²) in [7, 11) is 0. The van der Waals surface area contributed by atoms with Gasteiger partial charge in [-0.25, -0.2) is 4.98 Å². The molecule has 0 saturated heterocycles. The van der Waals surface area contributed by atoms with Gasteiger partial charge in [-0.15, -0.1) is 11.3 Å². The molecule has 0 aliphatic heterocycles. The Morgan fingerprint density at radius 3 is 2.68 bits per heavy atom. The van der Waals surface area contributed by atoms with E-state index in [-0.39, 0.29) is 17.2 Å². The summed E-state index contributed by atoms with van der Waals surface area (Å²) in [4.78, 5) is 32.1. The van der Waals surface area contributed by atoms with E-state index in [2.05, 4.69) is 18.8 Å². The van der Waals surface area contributed by atoms with Crippen LogP contribution in [0.1, 0.15) is 27.2 Å². The zero-order chi connectivity index (χ0) is 20.1. The SMILES string of the molecule is CCN(C(=O)CSc1nc2ccsc2c(=O)n1CCC(C)C)c1ccccc1. The minimum Gasteiger partial charge on any atom is -0.312 e.